The number of piperazine rings is 1. The van der Waals surface area contributed by atoms with Gasteiger partial charge in [-0.2, -0.15) is 5.10 Å². The molecule has 1 aliphatic heterocycles. The van der Waals surface area contributed by atoms with Crippen molar-refractivity contribution >= 4 is 28.8 Å². The molecule has 3 aromatic rings. The van der Waals surface area contributed by atoms with Gasteiger partial charge in [0.25, 0.3) is 5.91 Å². The first kappa shape index (κ1) is 21.0. The maximum absolute atomic E-state index is 13.0. The Kier molecular flexibility index (Phi) is 5.95. The molecule has 3 heterocycles. The number of hydrogen-bond acceptors (Lipinski definition) is 5. The number of likely N-dealkylation sites (N-methyl/N-ethyl adjacent to an activating group) is 1. The van der Waals surface area contributed by atoms with Crippen molar-refractivity contribution in [1.82, 2.24) is 24.6 Å². The summed E-state index contributed by atoms with van der Waals surface area (Å²) in [7, 11) is 2.09. The standard InChI is InChI=1S/C22H26ClN5OS/c1-14-19(13-17-5-7-18(23)8-6-17)16(3)28(25-14)22-24-15(2)20(30-22)21(29)27-11-9-26(4)10-12-27/h5-8H,9-13H2,1-4H3. The summed E-state index contributed by atoms with van der Waals surface area (Å²) >= 11 is 7.44. The zero-order valence-corrected chi connectivity index (χ0v) is 19.3. The van der Waals surface area contributed by atoms with Crippen LogP contribution in [0.15, 0.2) is 24.3 Å². The Morgan fingerprint density at radius 2 is 1.73 bits per heavy atom. The fourth-order valence-corrected chi connectivity index (χ4v) is 4.91. The number of hydrogen-bond donors (Lipinski definition) is 0. The number of amides is 1. The van der Waals surface area contributed by atoms with E-state index in [1.807, 2.05) is 47.7 Å². The highest BCUT2D eigenvalue weighted by atomic mass is 35.5. The Morgan fingerprint density at radius 1 is 1.07 bits per heavy atom. The lowest BCUT2D eigenvalue weighted by Gasteiger charge is -2.32. The van der Waals surface area contributed by atoms with Crippen molar-refractivity contribution in [2.45, 2.75) is 27.2 Å². The summed E-state index contributed by atoms with van der Waals surface area (Å²) in [5.74, 6) is 0.0762. The molecule has 1 aromatic carbocycles. The molecule has 0 aliphatic carbocycles. The van der Waals surface area contributed by atoms with Crippen LogP contribution in [0.2, 0.25) is 5.02 Å². The summed E-state index contributed by atoms with van der Waals surface area (Å²) in [4.78, 5) is 22.6. The van der Waals surface area contributed by atoms with E-state index in [1.54, 1.807) is 0 Å². The van der Waals surface area contributed by atoms with E-state index in [1.165, 1.54) is 22.5 Å². The lowest BCUT2D eigenvalue weighted by atomic mass is 10.0. The SMILES string of the molecule is Cc1nc(-n2nc(C)c(Cc3ccc(Cl)cc3)c2C)sc1C(=O)N1CCN(C)CC1. The van der Waals surface area contributed by atoms with Gasteiger partial charge in [0.1, 0.15) is 4.88 Å². The van der Waals surface area contributed by atoms with Crippen molar-refractivity contribution in [2.24, 2.45) is 0 Å². The Labute approximate surface area is 186 Å². The van der Waals surface area contributed by atoms with Crippen LogP contribution >= 0.6 is 22.9 Å². The van der Waals surface area contributed by atoms with Gasteiger partial charge < -0.3 is 9.80 Å². The number of aromatic nitrogens is 3. The lowest BCUT2D eigenvalue weighted by molar-refractivity contribution is 0.0668. The minimum Gasteiger partial charge on any atom is -0.335 e. The van der Waals surface area contributed by atoms with Gasteiger partial charge in [-0.1, -0.05) is 35.1 Å². The molecular weight excluding hydrogens is 418 g/mol. The second-order valence-electron chi connectivity index (χ2n) is 7.87. The molecule has 1 amide bonds. The van der Waals surface area contributed by atoms with E-state index in [0.29, 0.717) is 4.88 Å². The largest absolute Gasteiger partial charge is 0.335 e. The van der Waals surface area contributed by atoms with E-state index in [0.717, 1.165) is 59.8 Å². The number of halogens is 1. The number of thiazole rings is 1. The molecule has 30 heavy (non-hydrogen) atoms. The number of benzene rings is 1. The molecule has 158 valence electrons. The molecule has 0 atom stereocenters. The van der Waals surface area contributed by atoms with Crippen molar-refractivity contribution < 1.29 is 4.79 Å². The maximum atomic E-state index is 13.0. The second-order valence-corrected chi connectivity index (χ2v) is 9.28. The molecular formula is C22H26ClN5OS. The Morgan fingerprint density at radius 3 is 2.40 bits per heavy atom. The van der Waals surface area contributed by atoms with Crippen LogP contribution in [-0.4, -0.2) is 63.7 Å². The van der Waals surface area contributed by atoms with E-state index in [4.69, 9.17) is 16.7 Å². The van der Waals surface area contributed by atoms with E-state index in [2.05, 4.69) is 23.9 Å². The summed E-state index contributed by atoms with van der Waals surface area (Å²) in [6.45, 7) is 9.31. The summed E-state index contributed by atoms with van der Waals surface area (Å²) in [6, 6.07) is 7.90. The third-order valence-electron chi connectivity index (χ3n) is 5.69. The molecule has 1 aliphatic rings. The molecule has 0 bridgehead atoms. The van der Waals surface area contributed by atoms with E-state index in [-0.39, 0.29) is 5.91 Å². The van der Waals surface area contributed by atoms with Crippen molar-refractivity contribution in [3.63, 3.8) is 0 Å². The number of nitrogens with zero attached hydrogens (tertiary/aromatic N) is 5. The second kappa shape index (κ2) is 8.49. The first-order chi connectivity index (χ1) is 14.3. The molecule has 0 radical (unpaired) electrons. The smallest absolute Gasteiger partial charge is 0.266 e. The molecule has 2 aromatic heterocycles. The lowest BCUT2D eigenvalue weighted by Crippen LogP contribution is -2.47. The summed E-state index contributed by atoms with van der Waals surface area (Å²) in [6.07, 6.45) is 0.784. The topological polar surface area (TPSA) is 54.3 Å². The molecule has 0 saturated carbocycles. The molecule has 6 nitrogen and oxygen atoms in total. The van der Waals surface area contributed by atoms with Gasteiger partial charge in [0.15, 0.2) is 0 Å². The number of aryl methyl sites for hydroxylation is 2. The average Bonchev–Trinajstić information content (AvgIpc) is 3.24. The minimum atomic E-state index is 0.0762. The highest BCUT2D eigenvalue weighted by Crippen LogP contribution is 2.27. The molecule has 0 N–H and O–H groups in total. The van der Waals surface area contributed by atoms with Gasteiger partial charge >= 0.3 is 0 Å². The number of rotatable bonds is 4. The van der Waals surface area contributed by atoms with Gasteiger partial charge in [0, 0.05) is 48.9 Å². The maximum Gasteiger partial charge on any atom is 0.266 e. The number of carbonyl (C=O) groups excluding carboxylic acids is 1. The third-order valence-corrected chi connectivity index (χ3v) is 7.06. The van der Waals surface area contributed by atoms with E-state index >= 15 is 0 Å². The predicted octanol–water partition coefficient (Wildman–Crippen LogP) is 3.89. The van der Waals surface area contributed by atoms with Crippen LogP contribution < -0.4 is 0 Å². The average molecular weight is 444 g/mol. The Balaban J connectivity index is 1.60. The monoisotopic (exact) mass is 443 g/mol. The van der Waals surface area contributed by atoms with Crippen LogP contribution in [0.4, 0.5) is 0 Å². The van der Waals surface area contributed by atoms with Crippen molar-refractivity contribution in [3.05, 3.63) is 62.4 Å². The first-order valence-corrected chi connectivity index (χ1v) is 11.3. The van der Waals surface area contributed by atoms with Crippen LogP contribution in [0, 0.1) is 20.8 Å². The summed E-state index contributed by atoms with van der Waals surface area (Å²) in [5.41, 5.74) is 5.16. The highest BCUT2D eigenvalue weighted by molar-refractivity contribution is 7.16. The fourth-order valence-electron chi connectivity index (χ4n) is 3.75. The molecule has 4 rings (SSSR count). The molecule has 1 saturated heterocycles. The van der Waals surface area contributed by atoms with Crippen LogP contribution in [0.3, 0.4) is 0 Å². The third kappa shape index (κ3) is 4.15. The molecule has 8 heteroatoms. The van der Waals surface area contributed by atoms with Crippen molar-refractivity contribution in [1.29, 1.82) is 0 Å². The molecule has 1 fully saturated rings. The normalized spacial score (nSPS) is 15.0. The number of carbonyl (C=O) groups is 1. The van der Waals surface area contributed by atoms with Gasteiger partial charge in [0.2, 0.25) is 5.13 Å². The Hall–Kier alpha value is -2.22. The van der Waals surface area contributed by atoms with Crippen LogP contribution in [0.1, 0.15) is 37.9 Å². The quantitative estimate of drug-likeness (QED) is 0.614. The summed E-state index contributed by atoms with van der Waals surface area (Å²) < 4.78 is 1.87. The van der Waals surface area contributed by atoms with Gasteiger partial charge in [-0.15, -0.1) is 0 Å². The van der Waals surface area contributed by atoms with Gasteiger partial charge in [0.05, 0.1) is 11.4 Å². The predicted molar refractivity (Wildman–Crippen MR) is 121 cm³/mol. The summed E-state index contributed by atoms with van der Waals surface area (Å²) in [5, 5.41) is 6.22. The van der Waals surface area contributed by atoms with Gasteiger partial charge in [-0.05, 0) is 45.5 Å². The van der Waals surface area contributed by atoms with E-state index in [9.17, 15) is 4.79 Å². The first-order valence-electron chi connectivity index (χ1n) is 10.1. The van der Waals surface area contributed by atoms with Crippen LogP contribution in [0.5, 0.6) is 0 Å². The minimum absolute atomic E-state index is 0.0762. The zero-order valence-electron chi connectivity index (χ0n) is 17.8. The molecule has 0 spiro atoms. The highest BCUT2D eigenvalue weighted by Gasteiger charge is 2.25. The fraction of sp³-hybridized carbons (Fsp3) is 0.409. The Bertz CT molecular complexity index is 1060. The zero-order chi connectivity index (χ0) is 21.4. The van der Waals surface area contributed by atoms with Gasteiger partial charge in [-0.25, -0.2) is 9.67 Å². The van der Waals surface area contributed by atoms with E-state index < -0.39 is 0 Å². The van der Waals surface area contributed by atoms with Crippen LogP contribution in [-0.2, 0) is 6.42 Å². The van der Waals surface area contributed by atoms with Crippen LogP contribution in [0.25, 0.3) is 5.13 Å². The van der Waals surface area contributed by atoms with Gasteiger partial charge in [-0.3, -0.25) is 4.79 Å². The van der Waals surface area contributed by atoms with Crippen molar-refractivity contribution in [2.75, 3.05) is 33.2 Å². The van der Waals surface area contributed by atoms with Crippen molar-refractivity contribution in [3.8, 4) is 5.13 Å². The molecule has 0 unspecified atom stereocenters.